The van der Waals surface area contributed by atoms with E-state index < -0.39 is 0 Å². The van der Waals surface area contributed by atoms with E-state index in [0.29, 0.717) is 0 Å². The lowest BCUT2D eigenvalue weighted by atomic mass is 9.92. The van der Waals surface area contributed by atoms with Gasteiger partial charge in [-0.2, -0.15) is 0 Å². The highest BCUT2D eigenvalue weighted by Crippen LogP contribution is 2.42. The molecule has 0 amide bonds. The van der Waals surface area contributed by atoms with Crippen molar-refractivity contribution < 1.29 is 0 Å². The number of benzene rings is 11. The summed E-state index contributed by atoms with van der Waals surface area (Å²) in [7, 11) is 0. The zero-order valence-electron chi connectivity index (χ0n) is 35.3. The van der Waals surface area contributed by atoms with E-state index in [-0.39, 0.29) is 0 Å². The summed E-state index contributed by atoms with van der Waals surface area (Å²) in [6, 6.07) is 85.8. The molecule has 0 saturated heterocycles. The molecule has 2 heterocycles. The Bertz CT molecular complexity index is 3840. The fraction of sp³-hybridized carbons (Fsp3) is 0. The summed E-state index contributed by atoms with van der Waals surface area (Å²) < 4.78 is 3.60. The Balaban J connectivity index is 0.932. The van der Waals surface area contributed by atoms with Crippen molar-refractivity contribution in [2.45, 2.75) is 0 Å². The second kappa shape index (κ2) is 15.2. The van der Waals surface area contributed by atoms with Gasteiger partial charge in [0, 0.05) is 39.1 Å². The number of nitrogens with zero attached hydrogens (tertiary/aromatic N) is 3. The first-order valence-corrected chi connectivity index (χ1v) is 22.9. The number of fused-ring (bicyclic) bond motifs is 10. The molecule has 0 bridgehead atoms. The van der Waals surface area contributed by atoms with Crippen LogP contribution in [0.2, 0.25) is 0 Å². The van der Waals surface area contributed by atoms with E-state index in [0.717, 1.165) is 49.9 Å². The molecule has 0 radical (unpaired) electrons. The minimum Gasteiger partial charge on any atom is -0.311 e. The van der Waals surface area contributed by atoms with E-state index in [2.05, 4.69) is 246 Å². The molecule has 4 heteroatoms. The Morgan fingerprint density at radius 2 is 0.785 bits per heavy atom. The van der Waals surface area contributed by atoms with Gasteiger partial charge in [-0.05, 0) is 133 Å². The van der Waals surface area contributed by atoms with Gasteiger partial charge in [-0.15, -0.1) is 11.3 Å². The van der Waals surface area contributed by atoms with Gasteiger partial charge < -0.3 is 9.47 Å². The molecule has 13 aromatic rings. The van der Waals surface area contributed by atoms with Crippen molar-refractivity contribution in [2.24, 2.45) is 0 Å². The molecule has 0 N–H and O–H groups in total. The van der Waals surface area contributed by atoms with Gasteiger partial charge in [-0.3, -0.25) is 0 Å². The number of hydrogen-bond donors (Lipinski definition) is 0. The standard InChI is InChI=1S/C61H39N3S/c1-4-14-42(15-5-1)61-62-57-39-59-56(38-60(57)65-61)55-37-44(41-24-30-47(31-25-41)63(45-16-6-2-7-17-45)46-18-8-3-9-19-46)29-35-58(55)64(59)48-32-26-40(27-33-48)43-28-34-53-51-22-11-10-20-49(51)50-21-12-13-23-52(50)54(53)36-43/h1-39H. The van der Waals surface area contributed by atoms with Crippen LogP contribution >= 0.6 is 11.3 Å². The maximum atomic E-state index is 5.19. The monoisotopic (exact) mass is 845 g/mol. The summed E-state index contributed by atoms with van der Waals surface area (Å²) in [6.45, 7) is 0. The second-order valence-electron chi connectivity index (χ2n) is 16.7. The summed E-state index contributed by atoms with van der Waals surface area (Å²) in [5, 5.41) is 11.2. The van der Waals surface area contributed by atoms with Gasteiger partial charge in [0.25, 0.3) is 0 Å². The van der Waals surface area contributed by atoms with Crippen molar-refractivity contribution in [3.63, 3.8) is 0 Å². The van der Waals surface area contributed by atoms with E-state index >= 15 is 0 Å². The highest BCUT2D eigenvalue weighted by atomic mass is 32.1. The zero-order valence-corrected chi connectivity index (χ0v) is 36.1. The van der Waals surface area contributed by atoms with Gasteiger partial charge in [0.15, 0.2) is 0 Å². The number of anilines is 3. The fourth-order valence-electron chi connectivity index (χ4n) is 9.90. The molecule has 2 aromatic heterocycles. The average Bonchev–Trinajstić information content (AvgIpc) is 3.95. The highest BCUT2D eigenvalue weighted by molar-refractivity contribution is 7.21. The van der Waals surface area contributed by atoms with Crippen LogP contribution in [0.4, 0.5) is 17.1 Å². The van der Waals surface area contributed by atoms with Crippen LogP contribution in [0.1, 0.15) is 0 Å². The van der Waals surface area contributed by atoms with Crippen LogP contribution in [0.15, 0.2) is 237 Å². The Morgan fingerprint density at radius 3 is 1.40 bits per heavy atom. The SMILES string of the molecule is c1ccc(-c2nc3cc4c(cc3s2)c2cc(-c3ccc(N(c5ccccc5)c5ccccc5)cc3)ccc2n4-c2ccc(-c3ccc4c5ccccc5c5ccccc5c4c3)cc2)cc1. The Morgan fingerprint density at radius 1 is 0.323 bits per heavy atom. The van der Waals surface area contributed by atoms with Crippen LogP contribution in [-0.4, -0.2) is 9.55 Å². The average molecular weight is 846 g/mol. The molecule has 0 saturated carbocycles. The van der Waals surface area contributed by atoms with Crippen molar-refractivity contribution in [1.82, 2.24) is 9.55 Å². The summed E-state index contributed by atoms with van der Waals surface area (Å²) in [4.78, 5) is 7.49. The first kappa shape index (κ1) is 37.3. The van der Waals surface area contributed by atoms with Crippen LogP contribution < -0.4 is 4.90 Å². The molecule has 11 aromatic carbocycles. The van der Waals surface area contributed by atoms with Gasteiger partial charge in [-0.25, -0.2) is 4.98 Å². The van der Waals surface area contributed by atoms with E-state index in [1.807, 2.05) is 0 Å². The topological polar surface area (TPSA) is 21.1 Å². The number of thiazole rings is 1. The molecule has 3 nitrogen and oxygen atoms in total. The highest BCUT2D eigenvalue weighted by Gasteiger charge is 2.18. The normalized spacial score (nSPS) is 11.7. The van der Waals surface area contributed by atoms with Crippen LogP contribution in [0.25, 0.3) is 103 Å². The summed E-state index contributed by atoms with van der Waals surface area (Å²) >= 11 is 1.76. The van der Waals surface area contributed by atoms with Gasteiger partial charge in [0.2, 0.25) is 0 Å². The lowest BCUT2D eigenvalue weighted by molar-refractivity contribution is 1.18. The number of aromatic nitrogens is 2. The number of hydrogen-bond acceptors (Lipinski definition) is 3. The predicted molar refractivity (Wildman–Crippen MR) is 277 cm³/mol. The van der Waals surface area contributed by atoms with Gasteiger partial charge in [0.1, 0.15) is 5.01 Å². The van der Waals surface area contributed by atoms with Crippen molar-refractivity contribution >= 4 is 92.7 Å². The first-order valence-electron chi connectivity index (χ1n) is 22.1. The third-order valence-electron chi connectivity index (χ3n) is 13.0. The maximum Gasteiger partial charge on any atom is 0.124 e. The molecule has 0 aliphatic rings. The molecule has 0 fully saturated rings. The van der Waals surface area contributed by atoms with E-state index in [1.54, 1.807) is 11.3 Å². The Kier molecular flexibility index (Phi) is 8.71. The van der Waals surface area contributed by atoms with Crippen molar-refractivity contribution in [2.75, 3.05) is 4.90 Å². The molecule has 304 valence electrons. The number of para-hydroxylation sites is 2. The molecule has 65 heavy (non-hydrogen) atoms. The summed E-state index contributed by atoms with van der Waals surface area (Å²) in [5.74, 6) is 0. The minimum atomic E-state index is 1.01. The lowest BCUT2D eigenvalue weighted by Crippen LogP contribution is -2.09. The third-order valence-corrected chi connectivity index (χ3v) is 14.1. The van der Waals surface area contributed by atoms with Gasteiger partial charge in [-0.1, -0.05) is 158 Å². The van der Waals surface area contributed by atoms with E-state index in [1.165, 1.54) is 70.0 Å². The lowest BCUT2D eigenvalue weighted by Gasteiger charge is -2.25. The van der Waals surface area contributed by atoms with Gasteiger partial charge in [0.05, 0.1) is 21.3 Å². The Labute approximate surface area is 380 Å². The second-order valence-corrected chi connectivity index (χ2v) is 17.8. The molecule has 0 atom stereocenters. The molecular weight excluding hydrogens is 807 g/mol. The molecule has 0 unspecified atom stereocenters. The Hall–Kier alpha value is -8.31. The molecule has 13 rings (SSSR count). The van der Waals surface area contributed by atoms with E-state index in [4.69, 9.17) is 4.98 Å². The van der Waals surface area contributed by atoms with Crippen LogP contribution in [-0.2, 0) is 0 Å². The van der Waals surface area contributed by atoms with Crippen molar-refractivity contribution in [1.29, 1.82) is 0 Å². The van der Waals surface area contributed by atoms with Crippen molar-refractivity contribution in [3.05, 3.63) is 237 Å². The van der Waals surface area contributed by atoms with Crippen molar-refractivity contribution in [3.8, 4) is 38.5 Å². The first-order chi connectivity index (χ1) is 32.2. The predicted octanol–water partition coefficient (Wildman–Crippen LogP) is 17.3. The van der Waals surface area contributed by atoms with Gasteiger partial charge >= 0.3 is 0 Å². The fourth-order valence-corrected chi connectivity index (χ4v) is 10.9. The summed E-state index contributed by atoms with van der Waals surface area (Å²) in [6.07, 6.45) is 0. The van der Waals surface area contributed by atoms with Crippen LogP contribution in [0, 0.1) is 0 Å². The largest absolute Gasteiger partial charge is 0.311 e. The zero-order chi connectivity index (χ0) is 42.8. The molecular formula is C61H39N3S. The smallest absolute Gasteiger partial charge is 0.124 e. The maximum absolute atomic E-state index is 5.19. The number of rotatable bonds is 7. The minimum absolute atomic E-state index is 1.01. The molecule has 0 spiro atoms. The quantitative estimate of drug-likeness (QED) is 0.149. The van der Waals surface area contributed by atoms with Crippen LogP contribution in [0.5, 0.6) is 0 Å². The third kappa shape index (κ3) is 6.30. The molecule has 0 aliphatic heterocycles. The van der Waals surface area contributed by atoms with Crippen LogP contribution in [0.3, 0.4) is 0 Å². The molecule has 0 aliphatic carbocycles. The summed E-state index contributed by atoms with van der Waals surface area (Å²) in [5.41, 5.74) is 13.7. The van der Waals surface area contributed by atoms with E-state index in [9.17, 15) is 0 Å².